The van der Waals surface area contributed by atoms with Gasteiger partial charge in [0.15, 0.2) is 23.1 Å². The predicted molar refractivity (Wildman–Crippen MR) is 151 cm³/mol. The smallest absolute Gasteiger partial charge is 0.344 e. The van der Waals surface area contributed by atoms with Crippen molar-refractivity contribution in [2.45, 2.75) is 26.4 Å². The van der Waals surface area contributed by atoms with E-state index in [1.807, 2.05) is 0 Å². The summed E-state index contributed by atoms with van der Waals surface area (Å²) in [6.45, 7) is -1.82. The van der Waals surface area contributed by atoms with E-state index in [0.29, 0.717) is 33.8 Å². The summed E-state index contributed by atoms with van der Waals surface area (Å²) in [6, 6.07) is 15.8. The largest absolute Gasteiger partial charge is 0.493 e. The molecule has 0 bridgehead atoms. The van der Waals surface area contributed by atoms with Crippen LogP contribution in [0.2, 0.25) is 0 Å². The number of hydrogen-bond donors (Lipinski definition) is 4. The van der Waals surface area contributed by atoms with Crippen LogP contribution in [0.3, 0.4) is 0 Å². The summed E-state index contributed by atoms with van der Waals surface area (Å²) in [7, 11) is 2.85. The van der Waals surface area contributed by atoms with Gasteiger partial charge in [0.25, 0.3) is 0 Å². The highest BCUT2D eigenvalue weighted by atomic mass is 19.1. The van der Waals surface area contributed by atoms with E-state index in [2.05, 4.69) is 0 Å². The first-order valence-corrected chi connectivity index (χ1v) is 12.9. The van der Waals surface area contributed by atoms with E-state index in [4.69, 9.17) is 18.9 Å². The van der Waals surface area contributed by atoms with Crippen LogP contribution in [0.1, 0.15) is 43.0 Å². The molecule has 4 aromatic rings. The lowest BCUT2D eigenvalue weighted by atomic mass is 9.99. The normalized spacial score (nSPS) is 10.8. The highest BCUT2D eigenvalue weighted by Gasteiger charge is 2.20. The molecule has 0 atom stereocenters. The van der Waals surface area contributed by atoms with E-state index in [0.717, 1.165) is 0 Å². The second kappa shape index (κ2) is 13.9. The summed E-state index contributed by atoms with van der Waals surface area (Å²) in [5.41, 5.74) is 2.11. The van der Waals surface area contributed by atoms with Crippen LogP contribution in [0, 0.1) is 5.82 Å². The van der Waals surface area contributed by atoms with Gasteiger partial charge in [0.2, 0.25) is 0 Å². The zero-order valence-electron chi connectivity index (χ0n) is 23.3. The van der Waals surface area contributed by atoms with Crippen molar-refractivity contribution in [3.63, 3.8) is 0 Å². The first-order valence-electron chi connectivity index (χ1n) is 12.9. The van der Waals surface area contributed by atoms with Crippen LogP contribution in [-0.4, -0.2) is 46.6 Å². The fourth-order valence-electron chi connectivity index (χ4n) is 4.39. The van der Waals surface area contributed by atoms with Gasteiger partial charge in [0, 0.05) is 0 Å². The third kappa shape index (κ3) is 6.82. The van der Waals surface area contributed by atoms with Gasteiger partial charge in [-0.05, 0) is 81.9 Å². The molecule has 0 heterocycles. The molecule has 0 aliphatic heterocycles. The standard InChI is InChI=1S/C32H29FO10/c1-40-29-12-23(17-37)26(13-30(29)41-2)31(38)42-24-6-3-18(4-7-24)19-5-8-28(27(33)11-19)43-32(39)25-10-21(15-35)20(14-34)9-22(25)16-36/h3-13,34-37H,14-17H2,1-2H3. The van der Waals surface area contributed by atoms with Crippen molar-refractivity contribution in [2.75, 3.05) is 14.2 Å². The van der Waals surface area contributed by atoms with Crippen LogP contribution in [-0.2, 0) is 26.4 Å². The Kier molecular flexibility index (Phi) is 10.1. The second-order valence-electron chi connectivity index (χ2n) is 9.22. The predicted octanol–water partition coefficient (Wildman–Crippen LogP) is 3.92. The van der Waals surface area contributed by atoms with Crippen LogP contribution in [0.4, 0.5) is 4.39 Å². The minimum absolute atomic E-state index is 0.0726. The van der Waals surface area contributed by atoms with Crippen LogP contribution < -0.4 is 18.9 Å². The van der Waals surface area contributed by atoms with Crippen molar-refractivity contribution in [3.8, 4) is 34.1 Å². The Balaban J connectivity index is 1.50. The van der Waals surface area contributed by atoms with Gasteiger partial charge in [-0.3, -0.25) is 0 Å². The fraction of sp³-hybridized carbons (Fsp3) is 0.188. The Morgan fingerprint density at radius 1 is 0.581 bits per heavy atom. The summed E-state index contributed by atoms with van der Waals surface area (Å²) < 4.78 is 36.1. The average Bonchev–Trinajstić information content (AvgIpc) is 3.04. The maximum absolute atomic E-state index is 15.0. The zero-order chi connectivity index (χ0) is 31.1. The van der Waals surface area contributed by atoms with Crippen molar-refractivity contribution in [3.05, 3.63) is 106 Å². The van der Waals surface area contributed by atoms with E-state index >= 15 is 0 Å². The molecule has 0 saturated carbocycles. The van der Waals surface area contributed by atoms with Crippen LogP contribution in [0.15, 0.2) is 66.7 Å². The molecule has 0 amide bonds. The molecule has 4 aromatic carbocycles. The molecule has 224 valence electrons. The number of benzene rings is 4. The van der Waals surface area contributed by atoms with Crippen molar-refractivity contribution >= 4 is 11.9 Å². The Labute approximate surface area is 246 Å². The molecule has 4 N–H and O–H groups in total. The molecule has 0 radical (unpaired) electrons. The number of aliphatic hydroxyl groups excluding tert-OH is 4. The average molecular weight is 593 g/mol. The van der Waals surface area contributed by atoms with Gasteiger partial charge in [0.1, 0.15) is 5.75 Å². The van der Waals surface area contributed by atoms with Crippen LogP contribution in [0.5, 0.6) is 23.0 Å². The molecule has 10 nitrogen and oxygen atoms in total. The maximum atomic E-state index is 15.0. The molecule has 0 aliphatic carbocycles. The first kappa shape index (κ1) is 31.1. The van der Waals surface area contributed by atoms with E-state index in [1.165, 1.54) is 68.8 Å². The lowest BCUT2D eigenvalue weighted by molar-refractivity contribution is 0.0717. The summed E-state index contributed by atoms with van der Waals surface area (Å²) in [6.07, 6.45) is 0. The third-order valence-corrected chi connectivity index (χ3v) is 6.69. The molecule has 4 rings (SSSR count). The molecular weight excluding hydrogens is 563 g/mol. The molecule has 0 unspecified atom stereocenters. The zero-order valence-corrected chi connectivity index (χ0v) is 23.3. The SMILES string of the molecule is COc1cc(CO)c(C(=O)Oc2ccc(-c3ccc(OC(=O)c4cc(CO)c(CO)cc4CO)c(F)c3)cc2)cc1OC. The molecule has 43 heavy (non-hydrogen) atoms. The van der Waals surface area contributed by atoms with Gasteiger partial charge in [0.05, 0.1) is 51.8 Å². The minimum Gasteiger partial charge on any atom is -0.493 e. The minimum atomic E-state index is -0.945. The molecule has 0 aliphatic rings. The van der Waals surface area contributed by atoms with Crippen molar-refractivity contribution in [1.29, 1.82) is 0 Å². The topological polar surface area (TPSA) is 152 Å². The number of methoxy groups -OCH3 is 2. The lowest BCUT2D eigenvalue weighted by Gasteiger charge is -2.14. The van der Waals surface area contributed by atoms with Crippen molar-refractivity contribution in [1.82, 2.24) is 0 Å². The number of halogens is 1. The van der Waals surface area contributed by atoms with Gasteiger partial charge in [-0.2, -0.15) is 0 Å². The molecular formula is C32H29FO10. The molecule has 0 fully saturated rings. The molecule has 0 spiro atoms. The van der Waals surface area contributed by atoms with E-state index in [-0.39, 0.29) is 33.8 Å². The van der Waals surface area contributed by atoms with Crippen molar-refractivity contribution < 1.29 is 53.4 Å². The maximum Gasteiger partial charge on any atom is 0.344 e. The van der Waals surface area contributed by atoms with Gasteiger partial charge in [-0.1, -0.05) is 18.2 Å². The van der Waals surface area contributed by atoms with E-state index in [9.17, 15) is 34.4 Å². The monoisotopic (exact) mass is 592 g/mol. The number of rotatable bonds is 11. The van der Waals surface area contributed by atoms with Crippen molar-refractivity contribution in [2.24, 2.45) is 0 Å². The van der Waals surface area contributed by atoms with E-state index < -0.39 is 44.2 Å². The molecule has 11 heteroatoms. The number of hydrogen-bond acceptors (Lipinski definition) is 10. The highest BCUT2D eigenvalue weighted by molar-refractivity contribution is 5.94. The Morgan fingerprint density at radius 3 is 1.67 bits per heavy atom. The Bertz CT molecular complexity index is 1630. The fourth-order valence-corrected chi connectivity index (χ4v) is 4.39. The second-order valence-corrected chi connectivity index (χ2v) is 9.22. The Hall–Kier alpha value is -4.81. The highest BCUT2D eigenvalue weighted by Crippen LogP contribution is 2.32. The number of carbonyl (C=O) groups is 2. The number of carbonyl (C=O) groups excluding carboxylic acids is 2. The van der Waals surface area contributed by atoms with Gasteiger partial charge < -0.3 is 39.4 Å². The molecule has 0 saturated heterocycles. The van der Waals surface area contributed by atoms with Gasteiger partial charge in [-0.25, -0.2) is 14.0 Å². The number of esters is 2. The first-order chi connectivity index (χ1) is 20.8. The quantitative estimate of drug-likeness (QED) is 0.149. The number of aliphatic hydroxyl groups is 4. The summed E-state index contributed by atoms with van der Waals surface area (Å²) >= 11 is 0. The summed E-state index contributed by atoms with van der Waals surface area (Å²) in [5.74, 6) is -2.01. The van der Waals surface area contributed by atoms with Crippen LogP contribution in [0.25, 0.3) is 11.1 Å². The molecule has 0 aromatic heterocycles. The number of ether oxygens (including phenoxy) is 4. The third-order valence-electron chi connectivity index (χ3n) is 6.69. The summed E-state index contributed by atoms with van der Waals surface area (Å²) in [5, 5.41) is 38.3. The van der Waals surface area contributed by atoms with Gasteiger partial charge in [-0.15, -0.1) is 0 Å². The van der Waals surface area contributed by atoms with Gasteiger partial charge >= 0.3 is 11.9 Å². The lowest BCUT2D eigenvalue weighted by Crippen LogP contribution is -2.14. The summed E-state index contributed by atoms with van der Waals surface area (Å²) in [4.78, 5) is 25.6. The van der Waals surface area contributed by atoms with Crippen LogP contribution >= 0.6 is 0 Å². The Morgan fingerprint density at radius 2 is 1.09 bits per heavy atom. The van der Waals surface area contributed by atoms with E-state index in [1.54, 1.807) is 12.1 Å².